The van der Waals surface area contributed by atoms with Crippen molar-refractivity contribution >= 4 is 0 Å². The highest BCUT2D eigenvalue weighted by Gasteiger charge is 2.43. The normalized spacial score (nSPS) is 25.5. The van der Waals surface area contributed by atoms with E-state index in [4.69, 9.17) is 9.47 Å². The van der Waals surface area contributed by atoms with E-state index in [1.807, 2.05) is 0 Å². The van der Waals surface area contributed by atoms with Gasteiger partial charge >= 0.3 is 0 Å². The van der Waals surface area contributed by atoms with Crippen LogP contribution in [0.4, 0.5) is 0 Å². The maximum Gasteiger partial charge on any atom is 0.0589 e. The first-order chi connectivity index (χ1) is 9.56. The Balaban J connectivity index is 2.69. The maximum absolute atomic E-state index is 5.28. The molecule has 2 atom stereocenters. The summed E-state index contributed by atoms with van der Waals surface area (Å²) < 4.78 is 10.6. The van der Waals surface area contributed by atoms with Gasteiger partial charge in [0.1, 0.15) is 0 Å². The zero-order valence-corrected chi connectivity index (χ0v) is 14.1. The first kappa shape index (κ1) is 17.9. The smallest absolute Gasteiger partial charge is 0.0589 e. The summed E-state index contributed by atoms with van der Waals surface area (Å²) in [6.07, 6.45) is 3.74. The lowest BCUT2D eigenvalue weighted by Crippen LogP contribution is -2.53. The number of nitrogens with one attached hydrogen (secondary N) is 1. The van der Waals surface area contributed by atoms with Crippen molar-refractivity contribution in [3.63, 3.8) is 0 Å². The Labute approximate surface area is 125 Å². The molecule has 0 bridgehead atoms. The summed E-state index contributed by atoms with van der Waals surface area (Å²) in [5, 5.41) is 3.78. The zero-order chi connectivity index (χ0) is 15.0. The minimum Gasteiger partial charge on any atom is -0.383 e. The molecule has 0 spiro atoms. The van der Waals surface area contributed by atoms with Crippen molar-refractivity contribution in [2.45, 2.75) is 52.1 Å². The van der Waals surface area contributed by atoms with Crippen LogP contribution in [-0.4, -0.2) is 64.1 Å². The van der Waals surface area contributed by atoms with Gasteiger partial charge in [-0.15, -0.1) is 0 Å². The highest BCUT2D eigenvalue weighted by molar-refractivity contribution is 5.01. The number of rotatable bonds is 10. The van der Waals surface area contributed by atoms with E-state index in [1.165, 1.54) is 19.3 Å². The van der Waals surface area contributed by atoms with Crippen LogP contribution in [-0.2, 0) is 9.47 Å². The Morgan fingerprint density at radius 2 is 1.75 bits per heavy atom. The first-order valence-electron chi connectivity index (χ1n) is 8.02. The average Bonchev–Trinajstić information content (AvgIpc) is 2.72. The molecule has 1 aliphatic carbocycles. The minimum absolute atomic E-state index is 0.373. The summed E-state index contributed by atoms with van der Waals surface area (Å²) >= 11 is 0. The molecule has 0 amide bonds. The van der Waals surface area contributed by atoms with Gasteiger partial charge in [-0.1, -0.05) is 20.8 Å². The lowest BCUT2D eigenvalue weighted by molar-refractivity contribution is 0.0718. The van der Waals surface area contributed by atoms with E-state index in [-0.39, 0.29) is 0 Å². The molecule has 0 heterocycles. The van der Waals surface area contributed by atoms with Crippen LogP contribution in [0.15, 0.2) is 0 Å². The van der Waals surface area contributed by atoms with E-state index >= 15 is 0 Å². The van der Waals surface area contributed by atoms with Crippen LogP contribution in [0.2, 0.25) is 0 Å². The van der Waals surface area contributed by atoms with Crippen LogP contribution < -0.4 is 5.32 Å². The molecule has 1 aliphatic rings. The fraction of sp³-hybridized carbons (Fsp3) is 1.00. The predicted molar refractivity (Wildman–Crippen MR) is 84.2 cm³/mol. The second-order valence-electron chi connectivity index (χ2n) is 6.55. The van der Waals surface area contributed by atoms with Crippen LogP contribution in [0.3, 0.4) is 0 Å². The number of methoxy groups -OCH3 is 2. The van der Waals surface area contributed by atoms with Gasteiger partial charge in [-0.25, -0.2) is 0 Å². The van der Waals surface area contributed by atoms with Crippen LogP contribution in [0.1, 0.15) is 40.0 Å². The highest BCUT2D eigenvalue weighted by Crippen LogP contribution is 2.39. The number of nitrogens with zero attached hydrogens (tertiary/aromatic N) is 1. The van der Waals surface area contributed by atoms with Crippen molar-refractivity contribution in [3.8, 4) is 0 Å². The molecule has 0 radical (unpaired) electrons. The van der Waals surface area contributed by atoms with Gasteiger partial charge in [0.15, 0.2) is 0 Å². The van der Waals surface area contributed by atoms with E-state index in [0.29, 0.717) is 17.5 Å². The molecule has 2 unspecified atom stereocenters. The van der Waals surface area contributed by atoms with Crippen LogP contribution in [0, 0.1) is 5.41 Å². The summed E-state index contributed by atoms with van der Waals surface area (Å²) in [6.45, 7) is 11.7. The van der Waals surface area contributed by atoms with Gasteiger partial charge in [0.05, 0.1) is 13.2 Å². The molecule has 0 aliphatic heterocycles. The fourth-order valence-electron chi connectivity index (χ4n) is 3.33. The van der Waals surface area contributed by atoms with E-state index in [1.54, 1.807) is 14.2 Å². The third-order valence-corrected chi connectivity index (χ3v) is 4.56. The second kappa shape index (κ2) is 8.98. The third kappa shape index (κ3) is 4.99. The predicted octanol–water partition coefficient (Wildman–Crippen LogP) is 2.14. The Morgan fingerprint density at radius 1 is 1.15 bits per heavy atom. The molecule has 0 saturated heterocycles. The van der Waals surface area contributed by atoms with Gasteiger partial charge in [-0.2, -0.15) is 0 Å². The quantitative estimate of drug-likeness (QED) is 0.667. The van der Waals surface area contributed by atoms with Crippen LogP contribution >= 0.6 is 0 Å². The van der Waals surface area contributed by atoms with Gasteiger partial charge in [0.25, 0.3) is 0 Å². The maximum atomic E-state index is 5.28. The standard InChI is InChI=1S/C16H34N2O2/c1-6-9-17-15-14(7-8-16(15,2)3)18(10-12-19-4)11-13-20-5/h14-15,17H,6-13H2,1-5H3. The third-order valence-electron chi connectivity index (χ3n) is 4.56. The zero-order valence-electron chi connectivity index (χ0n) is 14.1. The van der Waals surface area contributed by atoms with E-state index in [9.17, 15) is 0 Å². The molecule has 0 aromatic heterocycles. The molecular formula is C16H34N2O2. The monoisotopic (exact) mass is 286 g/mol. The molecule has 1 N–H and O–H groups in total. The summed E-state index contributed by atoms with van der Waals surface area (Å²) in [7, 11) is 3.56. The summed E-state index contributed by atoms with van der Waals surface area (Å²) in [5.41, 5.74) is 0.373. The van der Waals surface area contributed by atoms with Gasteiger partial charge in [-0.05, 0) is 31.2 Å². The van der Waals surface area contributed by atoms with Crippen molar-refractivity contribution < 1.29 is 9.47 Å². The van der Waals surface area contributed by atoms with Gasteiger partial charge in [-0.3, -0.25) is 4.90 Å². The van der Waals surface area contributed by atoms with Gasteiger partial charge in [0.2, 0.25) is 0 Å². The average molecular weight is 286 g/mol. The topological polar surface area (TPSA) is 33.7 Å². The summed E-state index contributed by atoms with van der Waals surface area (Å²) in [6, 6.07) is 1.16. The molecule has 1 fully saturated rings. The molecule has 0 aromatic carbocycles. The fourth-order valence-corrected chi connectivity index (χ4v) is 3.33. The van der Waals surface area contributed by atoms with Crippen molar-refractivity contribution in [1.82, 2.24) is 10.2 Å². The lowest BCUT2D eigenvalue weighted by atomic mass is 9.86. The lowest BCUT2D eigenvalue weighted by Gasteiger charge is -2.38. The van der Waals surface area contributed by atoms with Crippen LogP contribution in [0.5, 0.6) is 0 Å². The molecule has 0 aromatic rings. The van der Waals surface area contributed by atoms with Crippen molar-refractivity contribution in [2.75, 3.05) is 47.1 Å². The number of ether oxygens (including phenoxy) is 2. The minimum atomic E-state index is 0.373. The van der Waals surface area contributed by atoms with E-state index < -0.39 is 0 Å². The Bertz CT molecular complexity index is 251. The molecule has 120 valence electrons. The Morgan fingerprint density at radius 3 is 2.25 bits per heavy atom. The molecule has 1 rings (SSSR count). The van der Waals surface area contributed by atoms with E-state index in [0.717, 1.165) is 32.8 Å². The second-order valence-corrected chi connectivity index (χ2v) is 6.55. The molecule has 20 heavy (non-hydrogen) atoms. The summed E-state index contributed by atoms with van der Waals surface area (Å²) in [4.78, 5) is 2.55. The van der Waals surface area contributed by atoms with Gasteiger partial charge < -0.3 is 14.8 Å². The highest BCUT2D eigenvalue weighted by atomic mass is 16.5. The van der Waals surface area contributed by atoms with Crippen LogP contribution in [0.25, 0.3) is 0 Å². The Kier molecular flexibility index (Phi) is 8.03. The van der Waals surface area contributed by atoms with Crippen molar-refractivity contribution in [1.29, 1.82) is 0 Å². The van der Waals surface area contributed by atoms with Crippen molar-refractivity contribution in [2.24, 2.45) is 5.41 Å². The molecule has 4 heteroatoms. The number of hydrogen-bond donors (Lipinski definition) is 1. The molecule has 1 saturated carbocycles. The Hall–Kier alpha value is -0.160. The van der Waals surface area contributed by atoms with Gasteiger partial charge in [0, 0.05) is 39.4 Å². The summed E-state index contributed by atoms with van der Waals surface area (Å²) in [5.74, 6) is 0. The SMILES string of the molecule is CCCNC1C(N(CCOC)CCOC)CCC1(C)C. The van der Waals surface area contributed by atoms with Crippen molar-refractivity contribution in [3.05, 3.63) is 0 Å². The number of hydrogen-bond acceptors (Lipinski definition) is 4. The van der Waals surface area contributed by atoms with E-state index in [2.05, 4.69) is 31.0 Å². The first-order valence-corrected chi connectivity index (χ1v) is 8.02. The molecular weight excluding hydrogens is 252 g/mol. The largest absolute Gasteiger partial charge is 0.383 e. The molecule has 4 nitrogen and oxygen atoms in total.